The number of carbonyl (C=O) groups is 3. The van der Waals surface area contributed by atoms with Crippen molar-refractivity contribution >= 4 is 47.6 Å². The minimum Gasteiger partial charge on any atom is -0.493 e. The van der Waals surface area contributed by atoms with E-state index in [9.17, 15) is 19.2 Å². The van der Waals surface area contributed by atoms with Crippen LogP contribution >= 0.6 is 23.5 Å². The fraction of sp³-hybridized carbons (Fsp3) is 0.556. The molecule has 11 nitrogen and oxygen atoms in total. The van der Waals surface area contributed by atoms with Crippen LogP contribution in [0.5, 0.6) is 5.88 Å². The Kier molecular flexibility index (Phi) is 19.2. The molecule has 0 saturated carbocycles. The van der Waals surface area contributed by atoms with Crippen LogP contribution in [0.3, 0.4) is 0 Å². The highest BCUT2D eigenvalue weighted by Crippen LogP contribution is 2.22. The van der Waals surface area contributed by atoms with Gasteiger partial charge in [0, 0.05) is 0 Å². The number of nitrogens with two attached hydrogens (primary N) is 1. The molecular formula is C18H30N4O7S2. The lowest BCUT2D eigenvalue weighted by molar-refractivity contribution is -0.153. The number of aromatic nitrogens is 2. The lowest BCUT2D eigenvalue weighted by Crippen LogP contribution is -2.22. The van der Waals surface area contributed by atoms with Gasteiger partial charge in [-0.1, -0.05) is 13.8 Å². The molecule has 0 aliphatic carbocycles. The van der Waals surface area contributed by atoms with Gasteiger partial charge in [-0.05, 0) is 25.4 Å². The number of aldehydes is 1. The van der Waals surface area contributed by atoms with Crippen LogP contribution in [0.2, 0.25) is 0 Å². The molecule has 1 aromatic rings. The van der Waals surface area contributed by atoms with Crippen LogP contribution in [-0.2, 0) is 19.1 Å². The van der Waals surface area contributed by atoms with Crippen LogP contribution in [0.4, 0.5) is 0 Å². The van der Waals surface area contributed by atoms with Crippen LogP contribution in [0.25, 0.3) is 0 Å². The van der Waals surface area contributed by atoms with Crippen molar-refractivity contribution < 1.29 is 29.0 Å². The number of esters is 2. The van der Waals surface area contributed by atoms with E-state index >= 15 is 0 Å². The molecule has 0 aliphatic heterocycles. The maximum absolute atomic E-state index is 10.6. The molecule has 0 spiro atoms. The van der Waals surface area contributed by atoms with Crippen LogP contribution in [0, 0.1) is 5.41 Å². The predicted octanol–water partition coefficient (Wildman–Crippen LogP) is 1.55. The molecule has 0 unspecified atom stereocenters. The SMILES string of the molecule is CCOC(=O)CC(=O)OCC.CCSC(SCC)C(=N)N.O=Cc1nc(O)cc(=O)[nH]1. The fourth-order valence-electron chi connectivity index (χ4n) is 1.59. The Bertz CT molecular complexity index is 722. The summed E-state index contributed by atoms with van der Waals surface area (Å²) in [5, 5.41) is 15.8. The minimum absolute atomic E-state index is 0.176. The zero-order chi connectivity index (χ0) is 24.2. The average Bonchev–Trinajstić information content (AvgIpc) is 2.68. The van der Waals surface area contributed by atoms with E-state index in [0.29, 0.717) is 12.1 Å². The highest BCUT2D eigenvalue weighted by atomic mass is 32.2. The molecule has 0 atom stereocenters. The number of hydrogen-bond donors (Lipinski definition) is 4. The molecule has 0 bridgehead atoms. The second kappa shape index (κ2) is 19.4. The number of carbonyl (C=O) groups excluding carboxylic acids is 3. The van der Waals surface area contributed by atoms with Gasteiger partial charge in [0.05, 0.1) is 19.3 Å². The monoisotopic (exact) mass is 478 g/mol. The summed E-state index contributed by atoms with van der Waals surface area (Å²) in [6.45, 7) is 8.11. The summed E-state index contributed by atoms with van der Waals surface area (Å²) in [6.07, 6.45) is 0.0583. The summed E-state index contributed by atoms with van der Waals surface area (Å²) in [5.41, 5.74) is 4.80. The van der Waals surface area contributed by atoms with E-state index < -0.39 is 23.4 Å². The number of thioether (sulfide) groups is 2. The Labute approximate surface area is 189 Å². The maximum Gasteiger partial charge on any atom is 0.317 e. The van der Waals surface area contributed by atoms with Gasteiger partial charge in [0.25, 0.3) is 5.56 Å². The Morgan fingerprint density at radius 1 is 1.19 bits per heavy atom. The van der Waals surface area contributed by atoms with E-state index in [-0.39, 0.29) is 30.0 Å². The van der Waals surface area contributed by atoms with Gasteiger partial charge >= 0.3 is 11.9 Å². The topological polar surface area (TPSA) is 186 Å². The average molecular weight is 479 g/mol. The molecule has 0 radical (unpaired) electrons. The number of aromatic hydroxyl groups is 1. The molecule has 0 aromatic carbocycles. The molecule has 1 aromatic heterocycles. The van der Waals surface area contributed by atoms with Crippen LogP contribution in [0.1, 0.15) is 44.7 Å². The lowest BCUT2D eigenvalue weighted by Gasteiger charge is -2.11. The summed E-state index contributed by atoms with van der Waals surface area (Å²) in [6, 6.07) is 0.882. The smallest absolute Gasteiger partial charge is 0.317 e. The zero-order valence-electron chi connectivity index (χ0n) is 18.0. The highest BCUT2D eigenvalue weighted by Gasteiger charge is 2.10. The third-order valence-electron chi connectivity index (χ3n) is 2.65. The number of rotatable bonds is 10. The number of nitrogens with zero attached hydrogens (tertiary/aromatic N) is 1. The molecule has 0 aliphatic rings. The largest absolute Gasteiger partial charge is 0.493 e. The molecule has 176 valence electrons. The van der Waals surface area contributed by atoms with Crippen LogP contribution in [-0.4, -0.2) is 68.4 Å². The third kappa shape index (κ3) is 18.0. The number of H-pyrrole nitrogens is 1. The van der Waals surface area contributed by atoms with E-state index in [1.807, 2.05) is 0 Å². The van der Waals surface area contributed by atoms with Crippen LogP contribution < -0.4 is 11.3 Å². The fourth-order valence-corrected chi connectivity index (χ4v) is 3.76. The number of nitrogens with one attached hydrogen (secondary N) is 2. The first kappa shape index (κ1) is 30.7. The van der Waals surface area contributed by atoms with Crippen molar-refractivity contribution in [1.29, 1.82) is 5.41 Å². The van der Waals surface area contributed by atoms with Crippen molar-refractivity contribution in [2.24, 2.45) is 5.73 Å². The van der Waals surface area contributed by atoms with Crippen molar-refractivity contribution in [2.75, 3.05) is 24.7 Å². The Balaban J connectivity index is 0. The first-order chi connectivity index (χ1) is 14.6. The van der Waals surface area contributed by atoms with Crippen molar-refractivity contribution in [1.82, 2.24) is 9.97 Å². The quantitative estimate of drug-likeness (QED) is 0.0954. The molecular weight excluding hydrogens is 448 g/mol. The summed E-state index contributed by atoms with van der Waals surface area (Å²) >= 11 is 3.44. The molecule has 1 heterocycles. The van der Waals surface area contributed by atoms with Gasteiger partial charge in [0.2, 0.25) is 5.88 Å². The standard InChI is InChI=1S/C7H12O4.C6H14N2S2.C5H4N2O3/c1-3-10-6(8)5-7(9)11-4-2;1-3-9-6(5(7)8)10-4-2;8-2-3-6-4(9)1-5(10)7-3/h3-5H2,1-2H3;6H,3-4H2,1-2H3,(H3,7,8);1-2H,(H2,6,7,9,10). The van der Waals surface area contributed by atoms with Gasteiger partial charge in [-0.25, -0.2) is 0 Å². The van der Waals surface area contributed by atoms with Crippen molar-refractivity contribution in [3.63, 3.8) is 0 Å². The number of ether oxygens (including phenoxy) is 2. The number of aromatic amines is 1. The van der Waals surface area contributed by atoms with Gasteiger partial charge in [0.1, 0.15) is 16.8 Å². The Hall–Kier alpha value is -2.54. The van der Waals surface area contributed by atoms with Gasteiger partial charge in [-0.2, -0.15) is 4.98 Å². The number of amidine groups is 1. The summed E-state index contributed by atoms with van der Waals surface area (Å²) in [5.74, 6) is 0.639. The van der Waals surface area contributed by atoms with Gasteiger partial charge in [-0.15, -0.1) is 23.5 Å². The molecule has 0 saturated heterocycles. The minimum atomic E-state index is -0.547. The van der Waals surface area contributed by atoms with E-state index in [0.717, 1.165) is 17.6 Å². The van der Waals surface area contributed by atoms with Gasteiger partial charge in [-0.3, -0.25) is 24.6 Å². The Morgan fingerprint density at radius 3 is 2.00 bits per heavy atom. The summed E-state index contributed by atoms with van der Waals surface area (Å²) < 4.78 is 9.21. The van der Waals surface area contributed by atoms with E-state index in [1.54, 1.807) is 37.4 Å². The second-order valence-electron chi connectivity index (χ2n) is 5.09. The molecule has 0 amide bonds. The van der Waals surface area contributed by atoms with E-state index in [4.69, 9.17) is 16.2 Å². The predicted molar refractivity (Wildman–Crippen MR) is 122 cm³/mol. The first-order valence-corrected chi connectivity index (χ1v) is 11.4. The summed E-state index contributed by atoms with van der Waals surface area (Å²) in [4.78, 5) is 47.0. The second-order valence-corrected chi connectivity index (χ2v) is 8.15. The highest BCUT2D eigenvalue weighted by molar-refractivity contribution is 8.18. The number of hydrogen-bond acceptors (Lipinski definition) is 11. The molecule has 5 N–H and O–H groups in total. The molecule has 0 fully saturated rings. The van der Waals surface area contributed by atoms with Crippen molar-refractivity contribution in [3.8, 4) is 5.88 Å². The molecule has 1 rings (SSSR count). The normalized spacial score (nSPS) is 9.45. The van der Waals surface area contributed by atoms with E-state index in [1.165, 1.54) is 0 Å². The molecule has 13 heteroatoms. The summed E-state index contributed by atoms with van der Waals surface area (Å²) in [7, 11) is 0. The van der Waals surface area contributed by atoms with E-state index in [2.05, 4.69) is 33.3 Å². The van der Waals surface area contributed by atoms with Crippen molar-refractivity contribution in [3.05, 3.63) is 22.2 Å². The first-order valence-electron chi connectivity index (χ1n) is 9.28. The van der Waals surface area contributed by atoms with Gasteiger partial charge in [0.15, 0.2) is 12.1 Å². The zero-order valence-corrected chi connectivity index (χ0v) is 19.6. The maximum atomic E-state index is 10.6. The van der Waals surface area contributed by atoms with Crippen LogP contribution in [0.15, 0.2) is 10.9 Å². The Morgan fingerprint density at radius 2 is 1.68 bits per heavy atom. The molecule has 31 heavy (non-hydrogen) atoms. The third-order valence-corrected chi connectivity index (χ3v) is 5.24. The van der Waals surface area contributed by atoms with Crippen molar-refractivity contribution in [2.45, 2.75) is 38.7 Å². The van der Waals surface area contributed by atoms with Gasteiger partial charge < -0.3 is 25.3 Å². The lowest BCUT2D eigenvalue weighted by atomic mass is 10.4.